The number of aromatic nitrogens is 1. The largest absolute Gasteiger partial charge is 0.307 e. The van der Waals surface area contributed by atoms with Crippen LogP contribution in [0.3, 0.4) is 0 Å². The lowest BCUT2D eigenvalue weighted by atomic mass is 10.2. The summed E-state index contributed by atoms with van der Waals surface area (Å²) in [6.07, 6.45) is 1.41. The molecule has 0 aliphatic heterocycles. The van der Waals surface area contributed by atoms with Gasteiger partial charge in [-0.05, 0) is 42.8 Å². The van der Waals surface area contributed by atoms with Crippen molar-refractivity contribution in [3.63, 3.8) is 0 Å². The highest BCUT2D eigenvalue weighted by atomic mass is 32.2. The van der Waals surface area contributed by atoms with E-state index in [0.29, 0.717) is 5.56 Å². The second-order valence-electron chi connectivity index (χ2n) is 4.06. The molecule has 8 heteroatoms. The fourth-order valence-corrected chi connectivity index (χ4v) is 2.81. The minimum atomic E-state index is -3.86. The predicted octanol–water partition coefficient (Wildman–Crippen LogP) is 1.62. The van der Waals surface area contributed by atoms with Crippen molar-refractivity contribution in [3.05, 3.63) is 47.9 Å². The van der Waals surface area contributed by atoms with Gasteiger partial charge >= 0.3 is 0 Å². The van der Waals surface area contributed by atoms with Gasteiger partial charge in [0.2, 0.25) is 0 Å². The van der Waals surface area contributed by atoms with E-state index < -0.39 is 15.8 Å². The van der Waals surface area contributed by atoms with Crippen LogP contribution in [0.2, 0.25) is 0 Å². The van der Waals surface area contributed by atoms with Crippen molar-refractivity contribution >= 4 is 21.5 Å². The number of halogens is 1. The minimum absolute atomic E-state index is 0.0267. The van der Waals surface area contributed by atoms with E-state index in [1.165, 1.54) is 36.5 Å². The highest BCUT2D eigenvalue weighted by molar-refractivity contribution is 7.92. The molecule has 6 nitrogen and oxygen atoms in total. The van der Waals surface area contributed by atoms with Crippen LogP contribution in [-0.4, -0.2) is 13.4 Å². The van der Waals surface area contributed by atoms with Gasteiger partial charge in [0, 0.05) is 11.9 Å². The van der Waals surface area contributed by atoms with Crippen LogP contribution in [0.15, 0.2) is 41.4 Å². The SMILES string of the molecule is Cc1cc(NS(=O)(=O)c2cccnc2NN)ccc1F. The number of nitrogens with zero attached hydrogens (tertiary/aromatic N) is 1. The van der Waals surface area contributed by atoms with Gasteiger partial charge in [0.1, 0.15) is 10.7 Å². The van der Waals surface area contributed by atoms with Crippen molar-refractivity contribution in [3.8, 4) is 0 Å². The standard InChI is InChI=1S/C12H13FN4O2S/c1-8-7-9(4-5-10(8)13)17-20(18,19)11-3-2-6-15-12(11)16-14/h2-7,17H,14H2,1H3,(H,15,16). The maximum atomic E-state index is 13.2. The summed E-state index contributed by atoms with van der Waals surface area (Å²) in [5.41, 5.74) is 2.82. The molecule has 0 bridgehead atoms. The molecule has 0 aliphatic rings. The zero-order chi connectivity index (χ0) is 14.8. The van der Waals surface area contributed by atoms with Crippen molar-refractivity contribution in [2.24, 2.45) is 5.84 Å². The number of nitrogen functional groups attached to an aromatic ring is 1. The van der Waals surface area contributed by atoms with Gasteiger partial charge in [0.15, 0.2) is 5.82 Å². The molecule has 0 saturated heterocycles. The van der Waals surface area contributed by atoms with Crippen molar-refractivity contribution < 1.29 is 12.8 Å². The molecule has 0 spiro atoms. The van der Waals surface area contributed by atoms with E-state index in [9.17, 15) is 12.8 Å². The number of nitrogens with two attached hydrogens (primary N) is 1. The number of nitrogens with one attached hydrogen (secondary N) is 2. The summed E-state index contributed by atoms with van der Waals surface area (Å²) >= 11 is 0. The number of aryl methyl sites for hydroxylation is 1. The zero-order valence-corrected chi connectivity index (χ0v) is 11.4. The van der Waals surface area contributed by atoms with Gasteiger partial charge in [-0.25, -0.2) is 23.6 Å². The average molecular weight is 296 g/mol. The molecule has 0 aliphatic carbocycles. The third-order valence-corrected chi connectivity index (χ3v) is 4.02. The van der Waals surface area contributed by atoms with Gasteiger partial charge in [-0.2, -0.15) is 0 Å². The molecule has 1 heterocycles. The predicted molar refractivity (Wildman–Crippen MR) is 74.0 cm³/mol. The number of anilines is 2. The van der Waals surface area contributed by atoms with Gasteiger partial charge in [-0.1, -0.05) is 0 Å². The van der Waals surface area contributed by atoms with Crippen LogP contribution in [0.4, 0.5) is 15.9 Å². The summed E-state index contributed by atoms with van der Waals surface area (Å²) in [4.78, 5) is 3.73. The topological polar surface area (TPSA) is 97.1 Å². The van der Waals surface area contributed by atoms with Crippen LogP contribution in [0.1, 0.15) is 5.56 Å². The third kappa shape index (κ3) is 2.86. The normalized spacial score (nSPS) is 11.2. The van der Waals surface area contributed by atoms with Gasteiger partial charge in [-0.3, -0.25) is 4.72 Å². The van der Waals surface area contributed by atoms with Crippen molar-refractivity contribution in [1.82, 2.24) is 4.98 Å². The zero-order valence-electron chi connectivity index (χ0n) is 10.6. The molecule has 0 amide bonds. The summed E-state index contributed by atoms with van der Waals surface area (Å²) in [7, 11) is -3.86. The van der Waals surface area contributed by atoms with Gasteiger partial charge in [0.05, 0.1) is 0 Å². The van der Waals surface area contributed by atoms with Gasteiger partial charge in [0.25, 0.3) is 10.0 Å². The number of rotatable bonds is 4. The monoisotopic (exact) mass is 296 g/mol. The van der Waals surface area contributed by atoms with Crippen LogP contribution >= 0.6 is 0 Å². The lowest BCUT2D eigenvalue weighted by Crippen LogP contribution is -2.18. The maximum absolute atomic E-state index is 13.2. The Balaban J connectivity index is 2.38. The lowest BCUT2D eigenvalue weighted by molar-refractivity contribution is 0.600. The number of hydrogen-bond donors (Lipinski definition) is 3. The molecular weight excluding hydrogens is 283 g/mol. The first-order valence-electron chi connectivity index (χ1n) is 5.64. The molecule has 0 saturated carbocycles. The number of sulfonamides is 1. The van der Waals surface area contributed by atoms with Crippen LogP contribution in [0.25, 0.3) is 0 Å². The van der Waals surface area contributed by atoms with Crippen molar-refractivity contribution in [1.29, 1.82) is 0 Å². The Kier molecular flexibility index (Phi) is 3.86. The molecule has 2 aromatic rings. The fraction of sp³-hybridized carbons (Fsp3) is 0.0833. The summed E-state index contributed by atoms with van der Waals surface area (Å²) in [6.45, 7) is 1.55. The fourth-order valence-electron chi connectivity index (χ4n) is 1.63. The lowest BCUT2D eigenvalue weighted by Gasteiger charge is -2.11. The molecule has 2 rings (SSSR count). The summed E-state index contributed by atoms with van der Waals surface area (Å²) < 4.78 is 40.0. The Bertz CT molecular complexity index is 734. The average Bonchev–Trinajstić information content (AvgIpc) is 2.42. The Morgan fingerprint density at radius 3 is 2.70 bits per heavy atom. The molecule has 1 aromatic heterocycles. The Hall–Kier alpha value is -2.19. The van der Waals surface area contributed by atoms with E-state index in [2.05, 4.69) is 15.1 Å². The van der Waals surface area contributed by atoms with Crippen LogP contribution in [-0.2, 0) is 10.0 Å². The number of benzene rings is 1. The Morgan fingerprint density at radius 2 is 2.05 bits per heavy atom. The van der Waals surface area contributed by atoms with Crippen molar-refractivity contribution in [2.75, 3.05) is 10.1 Å². The maximum Gasteiger partial charge on any atom is 0.265 e. The molecule has 0 fully saturated rings. The first kappa shape index (κ1) is 14.2. The smallest absolute Gasteiger partial charge is 0.265 e. The first-order valence-corrected chi connectivity index (χ1v) is 7.13. The second kappa shape index (κ2) is 5.43. The molecule has 106 valence electrons. The van der Waals surface area contributed by atoms with E-state index >= 15 is 0 Å². The van der Waals surface area contributed by atoms with Gasteiger partial charge < -0.3 is 5.43 Å². The Morgan fingerprint density at radius 1 is 1.30 bits per heavy atom. The molecule has 0 atom stereocenters. The summed E-state index contributed by atoms with van der Waals surface area (Å²) in [6, 6.07) is 6.77. The van der Waals surface area contributed by atoms with Crippen molar-refractivity contribution in [2.45, 2.75) is 11.8 Å². The minimum Gasteiger partial charge on any atom is -0.307 e. The third-order valence-electron chi connectivity index (χ3n) is 2.61. The molecule has 4 N–H and O–H groups in total. The first-order chi connectivity index (χ1) is 9.44. The highest BCUT2D eigenvalue weighted by Gasteiger charge is 2.19. The molecule has 0 radical (unpaired) electrons. The van der Waals surface area contributed by atoms with E-state index in [0.717, 1.165) is 0 Å². The molecule has 0 unspecified atom stereocenters. The summed E-state index contributed by atoms with van der Waals surface area (Å²) in [5, 5.41) is 0. The van der Waals surface area contributed by atoms with Crippen LogP contribution in [0.5, 0.6) is 0 Å². The van der Waals surface area contributed by atoms with Crippen LogP contribution < -0.4 is 16.0 Å². The highest BCUT2D eigenvalue weighted by Crippen LogP contribution is 2.22. The summed E-state index contributed by atoms with van der Waals surface area (Å²) in [5.74, 6) is 4.85. The molecule has 20 heavy (non-hydrogen) atoms. The van der Waals surface area contributed by atoms with E-state index in [4.69, 9.17) is 5.84 Å². The van der Waals surface area contributed by atoms with Crippen LogP contribution in [0, 0.1) is 12.7 Å². The van der Waals surface area contributed by atoms with E-state index in [1.54, 1.807) is 6.92 Å². The van der Waals surface area contributed by atoms with E-state index in [-0.39, 0.29) is 16.4 Å². The number of pyridine rings is 1. The molecule has 1 aromatic carbocycles. The molecular formula is C12H13FN4O2S. The van der Waals surface area contributed by atoms with Gasteiger partial charge in [-0.15, -0.1) is 0 Å². The second-order valence-corrected chi connectivity index (χ2v) is 5.71. The quantitative estimate of drug-likeness (QED) is 0.588. The number of hydrogen-bond acceptors (Lipinski definition) is 5. The van der Waals surface area contributed by atoms with E-state index in [1.807, 2.05) is 0 Å². The number of hydrazine groups is 1. The Labute approximate surface area is 115 Å².